The molecule has 0 aromatic carbocycles. The first-order chi connectivity index (χ1) is 7.64. The molecule has 1 rings (SSSR count). The van der Waals surface area contributed by atoms with E-state index in [2.05, 4.69) is 20.9 Å². The second-order valence-corrected chi connectivity index (χ2v) is 5.94. The molecule has 0 fully saturated rings. The molecule has 0 N–H and O–H groups in total. The van der Waals surface area contributed by atoms with Gasteiger partial charge in [0.15, 0.2) is 4.90 Å². The van der Waals surface area contributed by atoms with Crippen LogP contribution in [0, 0.1) is 10.1 Å². The molecule has 0 aliphatic rings. The van der Waals surface area contributed by atoms with E-state index in [0.717, 1.165) is 0 Å². The third kappa shape index (κ3) is 3.07. The maximum atomic E-state index is 12.3. The van der Waals surface area contributed by atoms with Gasteiger partial charge in [-0.25, -0.2) is 22.2 Å². The number of hydrogen-bond donors (Lipinski definition) is 0. The molecular weight excluding hydrogens is 349 g/mol. The van der Waals surface area contributed by atoms with Crippen molar-refractivity contribution in [1.29, 1.82) is 0 Å². The van der Waals surface area contributed by atoms with E-state index in [1.807, 2.05) is 0 Å². The second kappa shape index (κ2) is 4.78. The molecule has 0 radical (unpaired) electrons. The lowest BCUT2D eigenvalue weighted by Crippen LogP contribution is -2.04. The van der Waals surface area contributed by atoms with E-state index in [-0.39, 0.29) is 0 Å². The van der Waals surface area contributed by atoms with E-state index in [1.165, 1.54) is 0 Å². The first-order valence-corrected chi connectivity index (χ1v) is 6.82. The molecule has 94 valence electrons. The summed E-state index contributed by atoms with van der Waals surface area (Å²) in [6.45, 7) is 0. The second-order valence-electron chi connectivity index (χ2n) is 2.68. The molecule has 1 aromatic rings. The van der Waals surface area contributed by atoms with Crippen LogP contribution in [0.2, 0.25) is 0 Å². The molecule has 0 saturated heterocycles. The summed E-state index contributed by atoms with van der Waals surface area (Å²) < 4.78 is 46.2. The van der Waals surface area contributed by atoms with Gasteiger partial charge in [0, 0.05) is 16.7 Å². The summed E-state index contributed by atoms with van der Waals surface area (Å²) in [7, 11) is 0.480. The number of rotatable bonds is 3. The predicted molar refractivity (Wildman–Crippen MR) is 56.6 cm³/mol. The van der Waals surface area contributed by atoms with Crippen molar-refractivity contribution in [3.05, 3.63) is 26.5 Å². The van der Waals surface area contributed by atoms with Crippen LogP contribution in [0.1, 0.15) is 12.1 Å². The van der Waals surface area contributed by atoms with Crippen molar-refractivity contribution in [3.8, 4) is 0 Å². The lowest BCUT2D eigenvalue weighted by molar-refractivity contribution is -0.388. The van der Waals surface area contributed by atoms with Crippen molar-refractivity contribution >= 4 is 41.4 Å². The normalized spacial score (nSPS) is 11.8. The Hall–Kier alpha value is -0.870. The molecule has 11 heteroatoms. The Labute approximate surface area is 106 Å². The molecule has 0 spiro atoms. The zero-order chi connectivity index (χ0) is 13.4. The number of aromatic nitrogens is 1. The van der Waals surface area contributed by atoms with Crippen LogP contribution in [0.15, 0.2) is 15.6 Å². The Balaban J connectivity index is 3.68. The highest BCUT2D eigenvalue weighted by Gasteiger charge is 2.31. The van der Waals surface area contributed by atoms with Crippen LogP contribution >= 0.6 is 26.6 Å². The quantitative estimate of drug-likeness (QED) is 0.361. The molecule has 0 saturated carbocycles. The van der Waals surface area contributed by atoms with Gasteiger partial charge in [-0.2, -0.15) is 0 Å². The lowest BCUT2D eigenvalue weighted by Gasteiger charge is -2.04. The molecule has 0 bridgehead atoms. The fraction of sp³-hybridized carbons (Fsp3) is 0.167. The topological polar surface area (TPSA) is 90.2 Å². The first kappa shape index (κ1) is 14.2. The molecule has 0 unspecified atom stereocenters. The van der Waals surface area contributed by atoms with E-state index in [9.17, 15) is 27.3 Å². The molecule has 17 heavy (non-hydrogen) atoms. The van der Waals surface area contributed by atoms with Crippen LogP contribution in [-0.2, 0) is 9.05 Å². The highest BCUT2D eigenvalue weighted by Crippen LogP contribution is 2.35. The number of hydrogen-bond acceptors (Lipinski definition) is 5. The van der Waals surface area contributed by atoms with E-state index >= 15 is 0 Å². The predicted octanol–water partition coefficient (Wildman–Crippen LogP) is 2.62. The molecule has 0 aliphatic heterocycles. The summed E-state index contributed by atoms with van der Waals surface area (Å²) in [6.07, 6.45) is -3.07. The Morgan fingerprint density at radius 1 is 1.53 bits per heavy atom. The van der Waals surface area contributed by atoms with Gasteiger partial charge < -0.3 is 0 Å². The molecular formula is C6H2BrClF2N2O4S. The van der Waals surface area contributed by atoms with Gasteiger partial charge in [0.2, 0.25) is 0 Å². The third-order valence-electron chi connectivity index (χ3n) is 1.60. The van der Waals surface area contributed by atoms with Gasteiger partial charge >= 0.3 is 0 Å². The fourth-order valence-electron chi connectivity index (χ4n) is 0.981. The van der Waals surface area contributed by atoms with Gasteiger partial charge in [0.05, 0.1) is 4.92 Å². The van der Waals surface area contributed by atoms with Gasteiger partial charge in [-0.15, -0.1) is 0 Å². The summed E-state index contributed by atoms with van der Waals surface area (Å²) in [6, 6.07) is 0.366. The number of halogens is 4. The Kier molecular flexibility index (Phi) is 3.99. The minimum atomic E-state index is -4.48. The lowest BCUT2D eigenvalue weighted by atomic mass is 10.3. The summed E-state index contributed by atoms with van der Waals surface area (Å²) in [5.74, 6) is 0. The van der Waals surface area contributed by atoms with E-state index < -0.39 is 41.3 Å². The van der Waals surface area contributed by atoms with E-state index in [0.29, 0.717) is 6.07 Å². The van der Waals surface area contributed by atoms with Gasteiger partial charge in [-0.3, -0.25) is 10.1 Å². The number of nitro groups is 1. The Morgan fingerprint density at radius 2 is 2.06 bits per heavy atom. The van der Waals surface area contributed by atoms with Gasteiger partial charge in [-0.1, -0.05) is 0 Å². The average molecular weight is 352 g/mol. The summed E-state index contributed by atoms with van der Waals surface area (Å²) in [5.41, 5.74) is -1.98. The number of pyridine rings is 1. The maximum Gasteiger partial charge on any atom is 0.294 e. The van der Waals surface area contributed by atoms with Gasteiger partial charge in [0.1, 0.15) is 10.3 Å². The van der Waals surface area contributed by atoms with Gasteiger partial charge in [-0.05, 0) is 15.9 Å². The standard InChI is InChI=1S/C6H2BrClF2N2O4S/c7-5-4(17(8,15)16)3(12(13)14)1-2(11-5)6(9)10/h1,6H. The Bertz CT molecular complexity index is 580. The van der Waals surface area contributed by atoms with Crippen LogP contribution in [-0.4, -0.2) is 18.3 Å². The van der Waals surface area contributed by atoms with Crippen LogP contribution < -0.4 is 0 Å². The molecule has 0 amide bonds. The molecule has 6 nitrogen and oxygen atoms in total. The first-order valence-electron chi connectivity index (χ1n) is 3.72. The molecule has 1 heterocycles. The third-order valence-corrected chi connectivity index (χ3v) is 3.79. The average Bonchev–Trinajstić information content (AvgIpc) is 2.13. The van der Waals surface area contributed by atoms with E-state index in [4.69, 9.17) is 10.7 Å². The van der Waals surface area contributed by atoms with Crippen LogP contribution in [0.3, 0.4) is 0 Å². The zero-order valence-electron chi connectivity index (χ0n) is 7.60. The highest BCUT2D eigenvalue weighted by atomic mass is 79.9. The zero-order valence-corrected chi connectivity index (χ0v) is 10.8. The van der Waals surface area contributed by atoms with Crippen molar-refractivity contribution in [2.75, 3.05) is 0 Å². The SMILES string of the molecule is O=[N+]([O-])c1cc(C(F)F)nc(Br)c1S(=O)(=O)Cl. The van der Waals surface area contributed by atoms with Crippen molar-refractivity contribution in [3.63, 3.8) is 0 Å². The summed E-state index contributed by atoms with van der Waals surface area (Å²) in [4.78, 5) is 11.7. The van der Waals surface area contributed by atoms with Crippen LogP contribution in [0.25, 0.3) is 0 Å². The van der Waals surface area contributed by atoms with Crippen LogP contribution in [0.4, 0.5) is 14.5 Å². The highest BCUT2D eigenvalue weighted by molar-refractivity contribution is 9.10. The molecule has 0 atom stereocenters. The number of alkyl halides is 2. The monoisotopic (exact) mass is 350 g/mol. The summed E-state index contributed by atoms with van der Waals surface area (Å²) in [5, 5.41) is 10.6. The van der Waals surface area contributed by atoms with E-state index in [1.54, 1.807) is 0 Å². The maximum absolute atomic E-state index is 12.3. The molecule has 0 aliphatic carbocycles. The minimum Gasteiger partial charge on any atom is -0.258 e. The number of nitrogens with zero attached hydrogens (tertiary/aromatic N) is 2. The summed E-state index contributed by atoms with van der Waals surface area (Å²) >= 11 is 2.56. The largest absolute Gasteiger partial charge is 0.294 e. The smallest absolute Gasteiger partial charge is 0.258 e. The van der Waals surface area contributed by atoms with Gasteiger partial charge in [0.25, 0.3) is 21.2 Å². The van der Waals surface area contributed by atoms with Crippen molar-refractivity contribution in [2.45, 2.75) is 11.3 Å². The Morgan fingerprint density at radius 3 is 2.41 bits per heavy atom. The van der Waals surface area contributed by atoms with Crippen LogP contribution in [0.5, 0.6) is 0 Å². The molecule has 1 aromatic heterocycles. The fourth-order valence-corrected chi connectivity index (χ4v) is 3.39. The van der Waals surface area contributed by atoms with Crippen molar-refractivity contribution < 1.29 is 22.1 Å². The van der Waals surface area contributed by atoms with Crippen molar-refractivity contribution in [2.24, 2.45) is 0 Å². The van der Waals surface area contributed by atoms with Crippen molar-refractivity contribution in [1.82, 2.24) is 4.98 Å². The minimum absolute atomic E-state index is 0.366.